The van der Waals surface area contributed by atoms with Gasteiger partial charge in [0.2, 0.25) is 0 Å². The van der Waals surface area contributed by atoms with Crippen molar-refractivity contribution in [3.05, 3.63) is 58.5 Å². The highest BCUT2D eigenvalue weighted by atomic mass is 32.2. The van der Waals surface area contributed by atoms with E-state index in [1.54, 1.807) is 50.9 Å². The van der Waals surface area contributed by atoms with E-state index in [0.717, 1.165) is 17.1 Å². The maximum absolute atomic E-state index is 11.7. The second kappa shape index (κ2) is 7.73. The third kappa shape index (κ3) is 3.95. The van der Waals surface area contributed by atoms with E-state index in [4.69, 9.17) is 13.9 Å². The Kier molecular flexibility index (Phi) is 4.97. The Morgan fingerprint density at radius 1 is 1.07 bits per heavy atom. The number of rotatable bonds is 3. The lowest BCUT2D eigenvalue weighted by Gasteiger charge is -2.04. The number of imide groups is 1. The van der Waals surface area contributed by atoms with Crippen LogP contribution in [0.25, 0.3) is 17.0 Å². The number of hydrogen-bond acceptors (Lipinski definition) is 7. The number of furan rings is 1. The number of nitrogens with one attached hydrogen (secondary N) is 1. The molecule has 1 aromatic carbocycles. The van der Waals surface area contributed by atoms with Gasteiger partial charge in [-0.1, -0.05) is 11.8 Å². The predicted octanol–water partition coefficient (Wildman–Crippen LogP) is 3.57. The zero-order chi connectivity index (χ0) is 20.4. The Morgan fingerprint density at radius 2 is 1.83 bits per heavy atom. The van der Waals surface area contributed by atoms with Crippen LogP contribution in [0.4, 0.5) is 4.79 Å². The van der Waals surface area contributed by atoms with E-state index < -0.39 is 11.1 Å². The summed E-state index contributed by atoms with van der Waals surface area (Å²) in [5.74, 6) is 7.38. The molecule has 144 valence electrons. The maximum atomic E-state index is 11.7. The fourth-order valence-corrected chi connectivity index (χ4v) is 3.37. The summed E-state index contributed by atoms with van der Waals surface area (Å²) < 4.78 is 16.4. The third-order valence-corrected chi connectivity index (χ3v) is 4.86. The van der Waals surface area contributed by atoms with Crippen molar-refractivity contribution in [1.82, 2.24) is 10.3 Å². The summed E-state index contributed by atoms with van der Waals surface area (Å²) in [4.78, 5) is 27.5. The van der Waals surface area contributed by atoms with Crippen molar-refractivity contribution in [1.29, 1.82) is 0 Å². The molecule has 1 saturated heterocycles. The van der Waals surface area contributed by atoms with Crippen LogP contribution in [-0.4, -0.2) is 30.3 Å². The number of hydrogen-bond donors (Lipinski definition) is 1. The summed E-state index contributed by atoms with van der Waals surface area (Å²) >= 11 is 0.831. The number of thioether (sulfide) groups is 1. The molecule has 1 N–H and O–H groups in total. The van der Waals surface area contributed by atoms with Crippen molar-refractivity contribution in [2.45, 2.75) is 0 Å². The lowest BCUT2D eigenvalue weighted by molar-refractivity contribution is -0.115. The van der Waals surface area contributed by atoms with Crippen LogP contribution in [-0.2, 0) is 4.79 Å². The molecule has 0 unspecified atom stereocenters. The molecule has 0 radical (unpaired) electrons. The number of carbonyl (C=O) groups excluding carboxylic acids is 2. The van der Waals surface area contributed by atoms with Gasteiger partial charge < -0.3 is 13.9 Å². The van der Waals surface area contributed by atoms with Crippen LogP contribution < -0.4 is 14.8 Å². The molecule has 1 aliphatic heterocycles. The Morgan fingerprint density at radius 3 is 2.48 bits per heavy atom. The predicted molar refractivity (Wildman–Crippen MR) is 109 cm³/mol. The van der Waals surface area contributed by atoms with Gasteiger partial charge in [-0.25, -0.2) is 0 Å². The van der Waals surface area contributed by atoms with Gasteiger partial charge in [-0.3, -0.25) is 19.9 Å². The Bertz CT molecular complexity index is 1210. The molecule has 1 aliphatic rings. The highest BCUT2D eigenvalue weighted by Gasteiger charge is 2.25. The molecular formula is C21H14N2O5S. The maximum Gasteiger partial charge on any atom is 0.290 e. The van der Waals surface area contributed by atoms with E-state index in [2.05, 4.69) is 22.1 Å². The van der Waals surface area contributed by atoms with E-state index in [9.17, 15) is 9.59 Å². The van der Waals surface area contributed by atoms with Crippen LogP contribution in [0, 0.1) is 11.8 Å². The minimum atomic E-state index is -0.439. The van der Waals surface area contributed by atoms with Crippen molar-refractivity contribution >= 4 is 40.0 Å². The highest BCUT2D eigenvalue weighted by molar-refractivity contribution is 8.18. The molecule has 3 heterocycles. The normalized spacial score (nSPS) is 14.6. The molecule has 0 atom stereocenters. The van der Waals surface area contributed by atoms with Gasteiger partial charge in [-0.15, -0.1) is 0 Å². The molecule has 1 fully saturated rings. The van der Waals surface area contributed by atoms with Crippen LogP contribution in [0.3, 0.4) is 0 Å². The minimum absolute atomic E-state index is 0.276. The Labute approximate surface area is 170 Å². The van der Waals surface area contributed by atoms with Gasteiger partial charge in [0.25, 0.3) is 11.1 Å². The monoisotopic (exact) mass is 406 g/mol. The molecule has 7 nitrogen and oxygen atoms in total. The minimum Gasteiger partial charge on any atom is -0.497 e. The number of amides is 2. The van der Waals surface area contributed by atoms with E-state index in [-0.39, 0.29) is 4.91 Å². The average molecular weight is 406 g/mol. The first-order valence-electron chi connectivity index (χ1n) is 8.43. The van der Waals surface area contributed by atoms with Gasteiger partial charge in [-0.05, 0) is 30.0 Å². The summed E-state index contributed by atoms with van der Waals surface area (Å²) in [6.07, 6.45) is 4.77. The number of aromatic nitrogens is 1. The largest absolute Gasteiger partial charge is 0.497 e. The molecule has 2 amide bonds. The van der Waals surface area contributed by atoms with Gasteiger partial charge in [-0.2, -0.15) is 0 Å². The zero-order valence-corrected chi connectivity index (χ0v) is 16.3. The number of benzene rings is 1. The van der Waals surface area contributed by atoms with Crippen molar-refractivity contribution in [3.8, 4) is 23.3 Å². The highest BCUT2D eigenvalue weighted by Crippen LogP contribution is 2.29. The molecule has 29 heavy (non-hydrogen) atoms. The summed E-state index contributed by atoms with van der Waals surface area (Å²) in [6.45, 7) is 0. The molecule has 2 aromatic heterocycles. The van der Waals surface area contributed by atoms with Crippen LogP contribution in [0.5, 0.6) is 11.5 Å². The van der Waals surface area contributed by atoms with E-state index >= 15 is 0 Å². The average Bonchev–Trinajstić information content (AvgIpc) is 3.28. The Balaban J connectivity index is 1.71. The lowest BCUT2D eigenvalue weighted by Crippen LogP contribution is -2.17. The number of methoxy groups -OCH3 is 2. The second-order valence-electron chi connectivity index (χ2n) is 5.96. The second-order valence-corrected chi connectivity index (χ2v) is 6.97. The van der Waals surface area contributed by atoms with E-state index in [0.29, 0.717) is 34.0 Å². The van der Waals surface area contributed by atoms with Crippen LogP contribution in [0.2, 0.25) is 0 Å². The molecular weight excluding hydrogens is 392 g/mol. The van der Waals surface area contributed by atoms with Crippen molar-refractivity contribution in [2.75, 3.05) is 14.2 Å². The lowest BCUT2D eigenvalue weighted by atomic mass is 10.1. The fraction of sp³-hybridized carbons (Fsp3) is 0.0952. The Hall–Kier alpha value is -3.70. The van der Waals surface area contributed by atoms with Gasteiger partial charge in [0, 0.05) is 35.5 Å². The van der Waals surface area contributed by atoms with Gasteiger partial charge >= 0.3 is 0 Å². The quantitative estimate of drug-likeness (QED) is 0.525. The van der Waals surface area contributed by atoms with Gasteiger partial charge in [0.05, 0.1) is 24.7 Å². The standard InChI is InChI=1S/C21H14N2O5S/c1-26-15-5-12(6-16(8-15)27-2)3-4-13-10-22-11-14-7-17(28-19(13)14)9-18-20(24)23-21(25)29-18/h5-11H,1-2H3,(H,23,24,25)/b18-9+. The number of nitrogens with zero attached hydrogens (tertiary/aromatic N) is 1. The molecule has 4 rings (SSSR count). The van der Waals surface area contributed by atoms with Crippen molar-refractivity contribution in [3.63, 3.8) is 0 Å². The van der Waals surface area contributed by atoms with Gasteiger partial charge in [0.1, 0.15) is 17.3 Å². The van der Waals surface area contributed by atoms with Crippen LogP contribution in [0.1, 0.15) is 16.9 Å². The SMILES string of the molecule is COc1cc(C#Cc2cncc3cc(/C=C4/SC(=O)NC4=O)oc23)cc(OC)c1. The number of fused-ring (bicyclic) bond motifs is 1. The number of carbonyl (C=O) groups is 2. The first kappa shape index (κ1) is 18.7. The zero-order valence-electron chi connectivity index (χ0n) is 15.4. The molecule has 0 bridgehead atoms. The van der Waals surface area contributed by atoms with E-state index in [1.807, 2.05) is 0 Å². The molecule has 0 aliphatic carbocycles. The summed E-state index contributed by atoms with van der Waals surface area (Å²) in [7, 11) is 3.15. The van der Waals surface area contributed by atoms with E-state index in [1.165, 1.54) is 6.08 Å². The fourth-order valence-electron chi connectivity index (χ4n) is 2.71. The summed E-state index contributed by atoms with van der Waals surface area (Å²) in [5.41, 5.74) is 1.85. The molecule has 8 heteroatoms. The van der Waals surface area contributed by atoms with Crippen LogP contribution >= 0.6 is 11.8 Å². The number of pyridine rings is 1. The smallest absolute Gasteiger partial charge is 0.290 e. The third-order valence-electron chi connectivity index (χ3n) is 4.05. The van der Waals surface area contributed by atoms with Gasteiger partial charge in [0.15, 0.2) is 5.58 Å². The van der Waals surface area contributed by atoms with Crippen LogP contribution in [0.15, 0.2) is 46.0 Å². The molecule has 0 saturated carbocycles. The first-order valence-corrected chi connectivity index (χ1v) is 9.25. The van der Waals surface area contributed by atoms with Crippen molar-refractivity contribution < 1.29 is 23.5 Å². The first-order chi connectivity index (χ1) is 14.1. The van der Waals surface area contributed by atoms with Crippen molar-refractivity contribution in [2.24, 2.45) is 0 Å². The number of ether oxygens (including phenoxy) is 2. The topological polar surface area (TPSA) is 90.7 Å². The molecule has 0 spiro atoms. The molecule has 3 aromatic rings. The summed E-state index contributed by atoms with van der Waals surface area (Å²) in [6, 6.07) is 7.11. The summed E-state index contributed by atoms with van der Waals surface area (Å²) in [5, 5.41) is 2.54.